The highest BCUT2D eigenvalue weighted by molar-refractivity contribution is 6.29. The van der Waals surface area contributed by atoms with Crippen molar-refractivity contribution in [2.24, 2.45) is 0 Å². The molecule has 0 saturated carbocycles. The van der Waals surface area contributed by atoms with Crippen LogP contribution in [0, 0.1) is 6.92 Å². The molecule has 2 aromatic heterocycles. The maximum atomic E-state index is 5.80. The topological polar surface area (TPSA) is 51.6 Å². The molecule has 0 aliphatic heterocycles. The number of halogens is 1. The molecule has 2 aromatic rings. The quantitative estimate of drug-likeness (QED) is 0.669. The molecule has 0 aromatic carbocycles. The predicted octanol–water partition coefficient (Wildman–Crippen LogP) is 1.90. The number of hydrogen-bond acceptors (Lipinski definition) is 4. The lowest BCUT2D eigenvalue weighted by molar-refractivity contribution is 1.07. The van der Waals surface area contributed by atoms with Crippen LogP contribution >= 0.6 is 11.6 Å². The van der Waals surface area contributed by atoms with Crippen LogP contribution in [0.25, 0.3) is 11.5 Å². The molecule has 0 saturated heterocycles. The molecule has 2 rings (SSSR count). The Hall–Kier alpha value is -1.55. The van der Waals surface area contributed by atoms with E-state index in [0.717, 1.165) is 5.69 Å². The Morgan fingerprint density at radius 2 is 2.07 bits per heavy atom. The van der Waals surface area contributed by atoms with Gasteiger partial charge in [-0.2, -0.15) is 0 Å². The highest BCUT2D eigenvalue weighted by atomic mass is 35.5. The van der Waals surface area contributed by atoms with Crippen LogP contribution in [0.3, 0.4) is 0 Å². The van der Waals surface area contributed by atoms with Crippen LogP contribution in [0.5, 0.6) is 0 Å². The van der Waals surface area contributed by atoms with Gasteiger partial charge in [0.05, 0.1) is 6.20 Å². The predicted molar refractivity (Wildman–Crippen MR) is 52.8 cm³/mol. The van der Waals surface area contributed by atoms with Gasteiger partial charge in [0.15, 0.2) is 5.82 Å². The third-order valence-corrected chi connectivity index (χ3v) is 1.81. The van der Waals surface area contributed by atoms with Crippen LogP contribution in [-0.4, -0.2) is 19.9 Å². The van der Waals surface area contributed by atoms with Crippen molar-refractivity contribution in [3.63, 3.8) is 0 Å². The molecule has 0 amide bonds. The van der Waals surface area contributed by atoms with E-state index in [1.807, 2.05) is 6.92 Å². The highest BCUT2D eigenvalue weighted by Crippen LogP contribution is 2.14. The van der Waals surface area contributed by atoms with Crippen LogP contribution < -0.4 is 0 Å². The van der Waals surface area contributed by atoms with Gasteiger partial charge in [-0.3, -0.25) is 4.98 Å². The average molecular weight is 207 g/mol. The Bertz CT molecular complexity index is 424. The molecule has 70 valence electrons. The molecule has 0 N–H and O–H groups in total. The summed E-state index contributed by atoms with van der Waals surface area (Å²) < 4.78 is 0. The Morgan fingerprint density at radius 3 is 2.71 bits per heavy atom. The van der Waals surface area contributed by atoms with Crippen molar-refractivity contribution < 1.29 is 0 Å². The molecule has 0 fully saturated rings. The summed E-state index contributed by atoms with van der Waals surface area (Å²) in [4.78, 5) is 16.3. The molecule has 5 heteroatoms. The molecule has 14 heavy (non-hydrogen) atoms. The fourth-order valence-electron chi connectivity index (χ4n) is 1.06. The van der Waals surface area contributed by atoms with Crippen LogP contribution in [-0.2, 0) is 0 Å². The second-order valence-electron chi connectivity index (χ2n) is 2.75. The van der Waals surface area contributed by atoms with Gasteiger partial charge in [-0.25, -0.2) is 15.0 Å². The van der Waals surface area contributed by atoms with E-state index in [1.165, 1.54) is 0 Å². The third kappa shape index (κ3) is 1.85. The summed E-state index contributed by atoms with van der Waals surface area (Å²) in [6.07, 6.45) is 4.79. The van der Waals surface area contributed by atoms with Crippen molar-refractivity contribution in [2.45, 2.75) is 6.92 Å². The summed E-state index contributed by atoms with van der Waals surface area (Å²) in [5.74, 6) is 0.503. The summed E-state index contributed by atoms with van der Waals surface area (Å²) in [6, 6.07) is 1.70. The minimum Gasteiger partial charge on any atom is -0.261 e. The van der Waals surface area contributed by atoms with Gasteiger partial charge in [0, 0.05) is 18.1 Å². The Kier molecular flexibility index (Phi) is 2.37. The SMILES string of the molecule is Cc1cc(Cl)nc(-c2cnccn2)n1. The summed E-state index contributed by atoms with van der Waals surface area (Å²) >= 11 is 5.80. The zero-order valence-corrected chi connectivity index (χ0v) is 8.23. The zero-order chi connectivity index (χ0) is 9.97. The molecule has 0 aliphatic carbocycles. The van der Waals surface area contributed by atoms with Crippen LogP contribution in [0.1, 0.15) is 5.69 Å². The van der Waals surface area contributed by atoms with Crippen molar-refractivity contribution in [1.82, 2.24) is 19.9 Å². The van der Waals surface area contributed by atoms with E-state index in [2.05, 4.69) is 19.9 Å². The average Bonchev–Trinajstić information content (AvgIpc) is 2.18. The maximum absolute atomic E-state index is 5.80. The molecule has 0 unspecified atom stereocenters. The molecule has 4 nitrogen and oxygen atoms in total. The standard InChI is InChI=1S/C9H7ClN4/c1-6-4-8(10)14-9(13-6)7-5-11-2-3-12-7/h2-5H,1H3. The lowest BCUT2D eigenvalue weighted by atomic mass is 10.4. The summed E-state index contributed by atoms with van der Waals surface area (Å²) in [6.45, 7) is 1.85. The minimum atomic E-state index is 0.415. The Balaban J connectivity index is 2.52. The smallest absolute Gasteiger partial charge is 0.181 e. The first-order valence-electron chi connectivity index (χ1n) is 4.03. The van der Waals surface area contributed by atoms with E-state index >= 15 is 0 Å². The van der Waals surface area contributed by atoms with Gasteiger partial charge in [-0.1, -0.05) is 11.6 Å². The van der Waals surface area contributed by atoms with Crippen LogP contribution in [0.4, 0.5) is 0 Å². The zero-order valence-electron chi connectivity index (χ0n) is 7.48. The number of aryl methyl sites for hydroxylation is 1. The number of rotatable bonds is 1. The van der Waals surface area contributed by atoms with Crippen LogP contribution in [0.2, 0.25) is 5.15 Å². The molecular weight excluding hydrogens is 200 g/mol. The van der Waals surface area contributed by atoms with Crippen molar-refractivity contribution in [3.8, 4) is 11.5 Å². The van der Waals surface area contributed by atoms with Gasteiger partial charge < -0.3 is 0 Å². The second kappa shape index (κ2) is 3.67. The Labute approximate surface area is 86.0 Å². The van der Waals surface area contributed by atoms with E-state index in [9.17, 15) is 0 Å². The van der Waals surface area contributed by atoms with E-state index in [4.69, 9.17) is 11.6 Å². The van der Waals surface area contributed by atoms with Crippen molar-refractivity contribution in [2.75, 3.05) is 0 Å². The fourth-order valence-corrected chi connectivity index (χ4v) is 1.30. The van der Waals surface area contributed by atoms with Gasteiger partial charge in [-0.15, -0.1) is 0 Å². The monoisotopic (exact) mass is 206 g/mol. The number of aromatic nitrogens is 4. The summed E-state index contributed by atoms with van der Waals surface area (Å²) in [5, 5.41) is 0.415. The normalized spacial score (nSPS) is 10.1. The second-order valence-corrected chi connectivity index (χ2v) is 3.13. The molecule has 2 heterocycles. The summed E-state index contributed by atoms with van der Waals surface area (Å²) in [7, 11) is 0. The van der Waals surface area contributed by atoms with E-state index < -0.39 is 0 Å². The van der Waals surface area contributed by atoms with Crippen molar-refractivity contribution in [1.29, 1.82) is 0 Å². The molecular formula is C9H7ClN4. The lowest BCUT2D eigenvalue weighted by Crippen LogP contribution is -1.94. The first-order valence-corrected chi connectivity index (χ1v) is 4.41. The van der Waals surface area contributed by atoms with E-state index in [0.29, 0.717) is 16.7 Å². The molecule has 0 spiro atoms. The van der Waals surface area contributed by atoms with Crippen molar-refractivity contribution >= 4 is 11.6 Å². The maximum Gasteiger partial charge on any atom is 0.181 e. The molecule has 0 bridgehead atoms. The van der Waals surface area contributed by atoms with Gasteiger partial charge in [0.2, 0.25) is 0 Å². The van der Waals surface area contributed by atoms with E-state index in [-0.39, 0.29) is 0 Å². The minimum absolute atomic E-state index is 0.415. The lowest BCUT2D eigenvalue weighted by Gasteiger charge is -1.99. The molecule has 0 atom stereocenters. The molecule has 0 aliphatic rings. The number of nitrogens with zero attached hydrogens (tertiary/aromatic N) is 4. The first kappa shape index (κ1) is 9.02. The van der Waals surface area contributed by atoms with Gasteiger partial charge in [0.25, 0.3) is 0 Å². The first-order chi connectivity index (χ1) is 6.75. The Morgan fingerprint density at radius 1 is 1.21 bits per heavy atom. The third-order valence-electron chi connectivity index (χ3n) is 1.62. The van der Waals surface area contributed by atoms with Crippen LogP contribution in [0.15, 0.2) is 24.7 Å². The fraction of sp³-hybridized carbons (Fsp3) is 0.111. The molecule has 0 radical (unpaired) electrons. The summed E-state index contributed by atoms with van der Waals surface area (Å²) in [5.41, 5.74) is 1.43. The highest BCUT2D eigenvalue weighted by Gasteiger charge is 2.04. The van der Waals surface area contributed by atoms with Crippen molar-refractivity contribution in [3.05, 3.63) is 35.5 Å². The van der Waals surface area contributed by atoms with Gasteiger partial charge in [0.1, 0.15) is 10.8 Å². The number of hydrogen-bond donors (Lipinski definition) is 0. The van der Waals surface area contributed by atoms with E-state index in [1.54, 1.807) is 24.7 Å². The largest absolute Gasteiger partial charge is 0.261 e. The van der Waals surface area contributed by atoms with Gasteiger partial charge >= 0.3 is 0 Å². The van der Waals surface area contributed by atoms with Gasteiger partial charge in [-0.05, 0) is 13.0 Å².